The minimum absolute atomic E-state index is 0.0215. The van der Waals surface area contributed by atoms with Crippen molar-refractivity contribution in [2.24, 2.45) is 0 Å². The molecule has 2 atom stereocenters. The third-order valence-electron chi connectivity index (χ3n) is 5.09. The van der Waals surface area contributed by atoms with E-state index >= 15 is 0 Å². The van der Waals surface area contributed by atoms with Crippen LogP contribution in [0.2, 0.25) is 18.1 Å². The number of nitrogens with zero attached hydrogens (tertiary/aromatic N) is 1. The number of amides is 1. The van der Waals surface area contributed by atoms with Gasteiger partial charge in [0.1, 0.15) is 0 Å². The molecule has 0 N–H and O–H groups in total. The van der Waals surface area contributed by atoms with E-state index in [9.17, 15) is 4.79 Å². The second kappa shape index (κ2) is 4.85. The maximum absolute atomic E-state index is 12.2. The molecule has 2 heterocycles. The highest BCUT2D eigenvalue weighted by atomic mass is 28.4. The Labute approximate surface area is 123 Å². The molecule has 0 aromatic carbocycles. The number of carbonyl (C=O) groups excluding carboxylic acids is 1. The molecule has 0 aromatic heterocycles. The summed E-state index contributed by atoms with van der Waals surface area (Å²) in [6, 6.07) is 0.162. The monoisotopic (exact) mass is 293 g/mol. The molecule has 2 aliphatic rings. The Morgan fingerprint density at radius 3 is 2.35 bits per heavy atom. The molecule has 4 heteroatoms. The average Bonchev–Trinajstić information content (AvgIpc) is 2.55. The van der Waals surface area contributed by atoms with E-state index in [0.717, 1.165) is 17.6 Å². The molecule has 0 radical (unpaired) electrons. The highest BCUT2D eigenvalue weighted by Gasteiger charge is 2.48. The summed E-state index contributed by atoms with van der Waals surface area (Å²) in [4.78, 5) is 14.1. The summed E-state index contributed by atoms with van der Waals surface area (Å²) in [5.41, 5.74) is 2.06. The fourth-order valence-corrected chi connectivity index (χ4v) is 4.00. The molecule has 2 saturated heterocycles. The Hall–Kier alpha value is -0.873. The van der Waals surface area contributed by atoms with Crippen molar-refractivity contribution >= 4 is 14.2 Å². The van der Waals surface area contributed by atoms with Gasteiger partial charge in [-0.25, -0.2) is 0 Å². The SMILES string of the molecule is C=C1C[C@H]2[C@H](O[Si](C)(C)C(C)(C)C)CC(=O)N2CC1=C. The second-order valence-corrected chi connectivity index (χ2v) is 12.4. The molecule has 3 nitrogen and oxygen atoms in total. The number of piperidine rings is 1. The van der Waals surface area contributed by atoms with Gasteiger partial charge in [-0.1, -0.05) is 33.9 Å². The van der Waals surface area contributed by atoms with Crippen LogP contribution in [0.5, 0.6) is 0 Å². The minimum atomic E-state index is -1.85. The lowest BCUT2D eigenvalue weighted by Gasteiger charge is -2.41. The molecule has 0 bridgehead atoms. The highest BCUT2D eigenvalue weighted by molar-refractivity contribution is 6.74. The molecular formula is C16H27NO2Si. The van der Waals surface area contributed by atoms with Crippen molar-refractivity contribution in [3.63, 3.8) is 0 Å². The Balaban J connectivity index is 2.17. The molecule has 2 aliphatic heterocycles. The van der Waals surface area contributed by atoms with Crippen LogP contribution in [0, 0.1) is 0 Å². The maximum atomic E-state index is 12.2. The van der Waals surface area contributed by atoms with Crippen molar-refractivity contribution in [3.05, 3.63) is 24.3 Å². The number of rotatable bonds is 2. The van der Waals surface area contributed by atoms with Crippen molar-refractivity contribution in [3.8, 4) is 0 Å². The van der Waals surface area contributed by atoms with E-state index in [2.05, 4.69) is 47.0 Å². The lowest BCUT2D eigenvalue weighted by Crippen LogP contribution is -2.49. The smallest absolute Gasteiger partial charge is 0.225 e. The van der Waals surface area contributed by atoms with Gasteiger partial charge in [0, 0.05) is 6.54 Å². The van der Waals surface area contributed by atoms with Gasteiger partial charge in [0.2, 0.25) is 5.91 Å². The predicted molar refractivity (Wildman–Crippen MR) is 85.1 cm³/mol. The van der Waals surface area contributed by atoms with E-state index in [-0.39, 0.29) is 23.1 Å². The summed E-state index contributed by atoms with van der Waals surface area (Å²) in [7, 11) is -1.85. The first-order valence-electron chi connectivity index (χ1n) is 7.36. The summed E-state index contributed by atoms with van der Waals surface area (Å²) in [6.07, 6.45) is 1.34. The zero-order valence-electron chi connectivity index (χ0n) is 13.5. The van der Waals surface area contributed by atoms with Crippen LogP contribution in [0.4, 0.5) is 0 Å². The fraction of sp³-hybridized carbons (Fsp3) is 0.688. The van der Waals surface area contributed by atoms with Gasteiger partial charge in [-0.3, -0.25) is 4.79 Å². The second-order valence-electron chi connectivity index (χ2n) is 7.62. The lowest BCUT2D eigenvalue weighted by molar-refractivity contribution is -0.128. The van der Waals surface area contributed by atoms with E-state index in [0.29, 0.717) is 13.0 Å². The molecule has 0 saturated carbocycles. The first-order valence-corrected chi connectivity index (χ1v) is 10.3. The lowest BCUT2D eigenvalue weighted by atomic mass is 9.94. The third kappa shape index (κ3) is 2.63. The first-order chi connectivity index (χ1) is 9.03. The van der Waals surface area contributed by atoms with Crippen molar-refractivity contribution in [2.45, 2.75) is 63.9 Å². The summed E-state index contributed by atoms with van der Waals surface area (Å²) >= 11 is 0. The number of hydrogen-bond donors (Lipinski definition) is 0. The Bertz CT molecular complexity index is 462. The zero-order chi connectivity index (χ0) is 15.3. The Morgan fingerprint density at radius 2 is 1.80 bits per heavy atom. The molecular weight excluding hydrogens is 266 g/mol. The quantitative estimate of drug-likeness (QED) is 0.729. The number of carbonyl (C=O) groups is 1. The Morgan fingerprint density at radius 1 is 1.20 bits per heavy atom. The van der Waals surface area contributed by atoms with Gasteiger partial charge in [0.25, 0.3) is 0 Å². The van der Waals surface area contributed by atoms with Gasteiger partial charge in [-0.05, 0) is 35.7 Å². The normalized spacial score (nSPS) is 28.1. The van der Waals surface area contributed by atoms with Gasteiger partial charge in [-0.2, -0.15) is 0 Å². The molecule has 20 heavy (non-hydrogen) atoms. The van der Waals surface area contributed by atoms with Gasteiger partial charge in [-0.15, -0.1) is 0 Å². The molecule has 0 aromatic rings. The summed E-state index contributed by atoms with van der Waals surface area (Å²) in [5.74, 6) is 0.201. The number of fused-ring (bicyclic) bond motifs is 1. The molecule has 112 valence electrons. The maximum Gasteiger partial charge on any atom is 0.225 e. The summed E-state index contributed by atoms with van der Waals surface area (Å²) < 4.78 is 6.49. The van der Waals surface area contributed by atoms with Crippen LogP contribution >= 0.6 is 0 Å². The minimum Gasteiger partial charge on any atom is -0.411 e. The van der Waals surface area contributed by atoms with Gasteiger partial charge in [0.05, 0.1) is 18.6 Å². The van der Waals surface area contributed by atoms with E-state index in [1.165, 1.54) is 0 Å². The first kappa shape index (κ1) is 15.5. The van der Waals surface area contributed by atoms with Crippen LogP contribution in [0.3, 0.4) is 0 Å². The van der Waals surface area contributed by atoms with Crippen molar-refractivity contribution in [2.75, 3.05) is 6.54 Å². The van der Waals surface area contributed by atoms with E-state index in [1.807, 2.05) is 4.90 Å². The van der Waals surface area contributed by atoms with Crippen LogP contribution in [-0.2, 0) is 9.22 Å². The standard InChI is InChI=1S/C16H27NO2Si/c1-11-8-13-14(19-20(6,7)16(3,4)5)9-15(18)17(13)10-12(11)2/h13-14H,1-2,8-10H2,3-7H3/t13-,14+/m0/s1. The van der Waals surface area contributed by atoms with Crippen LogP contribution in [0.25, 0.3) is 0 Å². The number of hydrogen-bond acceptors (Lipinski definition) is 2. The molecule has 2 fully saturated rings. The third-order valence-corrected chi connectivity index (χ3v) is 9.60. The van der Waals surface area contributed by atoms with Crippen LogP contribution in [-0.4, -0.2) is 37.8 Å². The van der Waals surface area contributed by atoms with E-state index in [4.69, 9.17) is 4.43 Å². The highest BCUT2D eigenvalue weighted by Crippen LogP contribution is 2.41. The zero-order valence-corrected chi connectivity index (χ0v) is 14.5. The summed E-state index contributed by atoms with van der Waals surface area (Å²) in [6.45, 7) is 19.9. The predicted octanol–water partition coefficient (Wildman–Crippen LogP) is 3.49. The van der Waals surface area contributed by atoms with Gasteiger partial charge in [0.15, 0.2) is 8.32 Å². The summed E-state index contributed by atoms with van der Waals surface area (Å²) in [5, 5.41) is 0.165. The van der Waals surface area contributed by atoms with Crippen molar-refractivity contribution < 1.29 is 9.22 Å². The van der Waals surface area contributed by atoms with E-state index in [1.54, 1.807) is 0 Å². The van der Waals surface area contributed by atoms with Gasteiger partial charge < -0.3 is 9.33 Å². The van der Waals surface area contributed by atoms with Crippen molar-refractivity contribution in [1.29, 1.82) is 0 Å². The molecule has 2 rings (SSSR count). The average molecular weight is 293 g/mol. The topological polar surface area (TPSA) is 29.5 Å². The van der Waals surface area contributed by atoms with Gasteiger partial charge >= 0.3 is 0 Å². The van der Waals surface area contributed by atoms with Crippen LogP contribution in [0.15, 0.2) is 24.3 Å². The molecule has 0 aliphatic carbocycles. The Kier molecular flexibility index (Phi) is 3.76. The van der Waals surface area contributed by atoms with E-state index < -0.39 is 8.32 Å². The molecule has 0 unspecified atom stereocenters. The fourth-order valence-electron chi connectivity index (χ4n) is 2.65. The van der Waals surface area contributed by atoms with Crippen LogP contribution in [0.1, 0.15) is 33.6 Å². The molecule has 1 amide bonds. The largest absolute Gasteiger partial charge is 0.411 e. The van der Waals surface area contributed by atoms with Crippen molar-refractivity contribution in [1.82, 2.24) is 4.90 Å². The molecule has 0 spiro atoms. The van der Waals surface area contributed by atoms with Crippen LogP contribution < -0.4 is 0 Å².